The molecule has 0 heterocycles. The molecule has 0 aliphatic heterocycles. The van der Waals surface area contributed by atoms with Crippen LogP contribution in [0.1, 0.15) is 25.8 Å². The van der Waals surface area contributed by atoms with Crippen molar-refractivity contribution in [3.8, 4) is 0 Å². The summed E-state index contributed by atoms with van der Waals surface area (Å²) in [6, 6.07) is 7.91. The van der Waals surface area contributed by atoms with Crippen LogP contribution in [0.15, 0.2) is 30.3 Å². The molecule has 24 heavy (non-hydrogen) atoms. The van der Waals surface area contributed by atoms with E-state index in [1.165, 1.54) is 0 Å². The number of carbonyl (C=O) groups excluding carboxylic acids is 2. The molecule has 0 radical (unpaired) electrons. The van der Waals surface area contributed by atoms with Gasteiger partial charge < -0.3 is 27.2 Å². The number of hydrogen-bond acceptors (Lipinski definition) is 5. The van der Waals surface area contributed by atoms with Gasteiger partial charge in [-0.05, 0) is 24.3 Å². The summed E-state index contributed by atoms with van der Waals surface area (Å²) in [6.45, 7) is 3.78. The van der Waals surface area contributed by atoms with Crippen molar-refractivity contribution >= 4 is 11.8 Å². The van der Waals surface area contributed by atoms with E-state index in [0.717, 1.165) is 5.56 Å². The van der Waals surface area contributed by atoms with Crippen LogP contribution in [0.4, 0.5) is 0 Å². The van der Waals surface area contributed by atoms with Gasteiger partial charge in [-0.25, -0.2) is 0 Å². The van der Waals surface area contributed by atoms with E-state index in [1.807, 2.05) is 44.2 Å². The highest BCUT2D eigenvalue weighted by molar-refractivity contribution is 5.89. The molecule has 1 rings (SSSR count). The van der Waals surface area contributed by atoms with Crippen molar-refractivity contribution in [2.45, 2.75) is 45.0 Å². The lowest BCUT2D eigenvalue weighted by atomic mass is 10.0. The molecule has 0 spiro atoms. The monoisotopic (exact) mass is 336 g/mol. The van der Waals surface area contributed by atoms with Gasteiger partial charge in [0.25, 0.3) is 0 Å². The van der Waals surface area contributed by atoms with Crippen LogP contribution >= 0.6 is 0 Å². The molecular formula is C17H28N4O3. The third kappa shape index (κ3) is 7.08. The van der Waals surface area contributed by atoms with Crippen molar-refractivity contribution in [2.75, 3.05) is 6.54 Å². The Morgan fingerprint density at radius 1 is 1.12 bits per heavy atom. The van der Waals surface area contributed by atoms with Crippen molar-refractivity contribution in [3.05, 3.63) is 35.9 Å². The highest BCUT2D eigenvalue weighted by atomic mass is 16.3. The maximum absolute atomic E-state index is 12.3. The minimum absolute atomic E-state index is 0.0956. The molecule has 134 valence electrons. The highest BCUT2D eigenvalue weighted by Gasteiger charge is 2.25. The van der Waals surface area contributed by atoms with Crippen LogP contribution in [0, 0.1) is 5.92 Å². The topological polar surface area (TPSA) is 130 Å². The molecule has 0 aliphatic rings. The number of hydrogen-bond donors (Lipinski definition) is 5. The van der Waals surface area contributed by atoms with Crippen LogP contribution in [-0.2, 0) is 16.0 Å². The number of rotatable bonds is 9. The standard InChI is InChI=1S/C17H28N4O3/c1-11(2)8-14(17(24)21-15(22)10-18)20-16(23)13(19)9-12-6-4-3-5-7-12/h3-7,11,13-15,22H,8-10,18-19H2,1-2H3,(H,20,23)(H,21,24)/t13-,14-,15?/m0/s1. The zero-order chi connectivity index (χ0) is 18.1. The Morgan fingerprint density at radius 3 is 2.29 bits per heavy atom. The predicted molar refractivity (Wildman–Crippen MR) is 92.7 cm³/mol. The molecule has 0 saturated carbocycles. The molecule has 1 aromatic rings. The summed E-state index contributed by atoms with van der Waals surface area (Å²) >= 11 is 0. The largest absolute Gasteiger partial charge is 0.372 e. The van der Waals surface area contributed by atoms with Crippen LogP contribution < -0.4 is 22.1 Å². The fraction of sp³-hybridized carbons (Fsp3) is 0.529. The number of nitrogens with one attached hydrogen (secondary N) is 2. The lowest BCUT2D eigenvalue weighted by molar-refractivity contribution is -0.131. The Kier molecular flexibility index (Phi) is 8.39. The molecule has 1 aromatic carbocycles. The van der Waals surface area contributed by atoms with Gasteiger partial charge >= 0.3 is 0 Å². The first-order valence-electron chi connectivity index (χ1n) is 8.11. The molecule has 7 heteroatoms. The van der Waals surface area contributed by atoms with Gasteiger partial charge in [-0.2, -0.15) is 0 Å². The fourth-order valence-corrected chi connectivity index (χ4v) is 2.27. The Balaban J connectivity index is 2.67. The predicted octanol–water partition coefficient (Wildman–Crippen LogP) is -0.519. The Labute approximate surface area is 142 Å². The zero-order valence-corrected chi connectivity index (χ0v) is 14.2. The second-order valence-corrected chi connectivity index (χ2v) is 6.25. The number of amides is 2. The van der Waals surface area contributed by atoms with Gasteiger partial charge in [0.1, 0.15) is 12.3 Å². The van der Waals surface area contributed by atoms with Crippen molar-refractivity contribution < 1.29 is 14.7 Å². The van der Waals surface area contributed by atoms with E-state index in [0.29, 0.717) is 12.8 Å². The second-order valence-electron chi connectivity index (χ2n) is 6.25. The molecule has 0 aliphatic carbocycles. The number of benzene rings is 1. The van der Waals surface area contributed by atoms with Gasteiger partial charge in [-0.1, -0.05) is 44.2 Å². The van der Waals surface area contributed by atoms with E-state index in [2.05, 4.69) is 10.6 Å². The molecule has 2 amide bonds. The molecule has 0 bridgehead atoms. The first-order valence-corrected chi connectivity index (χ1v) is 8.11. The fourth-order valence-electron chi connectivity index (χ4n) is 2.27. The molecule has 7 nitrogen and oxygen atoms in total. The number of carbonyl (C=O) groups is 2. The van der Waals surface area contributed by atoms with E-state index < -0.39 is 30.1 Å². The van der Waals surface area contributed by atoms with Crippen molar-refractivity contribution in [1.29, 1.82) is 0 Å². The van der Waals surface area contributed by atoms with Gasteiger partial charge in [0.15, 0.2) is 0 Å². The van der Waals surface area contributed by atoms with Crippen LogP contribution in [0.25, 0.3) is 0 Å². The summed E-state index contributed by atoms with van der Waals surface area (Å²) in [5.41, 5.74) is 12.2. The van der Waals surface area contributed by atoms with Crippen molar-refractivity contribution in [2.24, 2.45) is 17.4 Å². The maximum Gasteiger partial charge on any atom is 0.244 e. The summed E-state index contributed by atoms with van der Waals surface area (Å²) in [7, 11) is 0. The minimum atomic E-state index is -1.14. The van der Waals surface area contributed by atoms with Gasteiger partial charge in [0, 0.05) is 6.54 Å². The van der Waals surface area contributed by atoms with Gasteiger partial charge in [0.2, 0.25) is 11.8 Å². The van der Waals surface area contributed by atoms with E-state index in [1.54, 1.807) is 0 Å². The van der Waals surface area contributed by atoms with E-state index in [-0.39, 0.29) is 12.5 Å². The van der Waals surface area contributed by atoms with Gasteiger partial charge in [-0.15, -0.1) is 0 Å². The molecule has 0 aromatic heterocycles. The summed E-state index contributed by atoms with van der Waals surface area (Å²) in [6.07, 6.45) is -0.317. The van der Waals surface area contributed by atoms with Crippen LogP contribution in [0.2, 0.25) is 0 Å². The summed E-state index contributed by atoms with van der Waals surface area (Å²) in [5, 5.41) is 14.5. The van der Waals surface area contributed by atoms with E-state index in [4.69, 9.17) is 11.5 Å². The smallest absolute Gasteiger partial charge is 0.244 e. The maximum atomic E-state index is 12.3. The first-order chi connectivity index (χ1) is 11.3. The van der Waals surface area contributed by atoms with Gasteiger partial charge in [-0.3, -0.25) is 9.59 Å². The molecular weight excluding hydrogens is 308 g/mol. The van der Waals surface area contributed by atoms with E-state index >= 15 is 0 Å². The zero-order valence-electron chi connectivity index (χ0n) is 14.2. The van der Waals surface area contributed by atoms with Crippen LogP contribution in [0.3, 0.4) is 0 Å². The van der Waals surface area contributed by atoms with Crippen molar-refractivity contribution in [3.63, 3.8) is 0 Å². The lowest BCUT2D eigenvalue weighted by Crippen LogP contribution is -2.54. The normalized spacial score (nSPS) is 14.8. The average Bonchev–Trinajstić information content (AvgIpc) is 2.54. The third-order valence-electron chi connectivity index (χ3n) is 3.51. The summed E-state index contributed by atoms with van der Waals surface area (Å²) < 4.78 is 0. The lowest BCUT2D eigenvalue weighted by Gasteiger charge is -2.23. The van der Waals surface area contributed by atoms with Crippen LogP contribution in [-0.4, -0.2) is 41.8 Å². The highest BCUT2D eigenvalue weighted by Crippen LogP contribution is 2.07. The van der Waals surface area contributed by atoms with Gasteiger partial charge in [0.05, 0.1) is 6.04 Å². The van der Waals surface area contributed by atoms with Crippen molar-refractivity contribution in [1.82, 2.24) is 10.6 Å². The summed E-state index contributed by atoms with van der Waals surface area (Å²) in [5.74, 6) is -0.690. The molecule has 0 saturated heterocycles. The van der Waals surface area contributed by atoms with E-state index in [9.17, 15) is 14.7 Å². The molecule has 1 unspecified atom stereocenters. The number of aliphatic hydroxyl groups excluding tert-OH is 1. The minimum Gasteiger partial charge on any atom is -0.372 e. The molecule has 0 fully saturated rings. The first kappa shape index (κ1) is 20.1. The number of aliphatic hydroxyl groups is 1. The Bertz CT molecular complexity index is 522. The number of nitrogens with two attached hydrogens (primary N) is 2. The molecule has 7 N–H and O–H groups in total. The summed E-state index contributed by atoms with van der Waals surface area (Å²) in [4.78, 5) is 24.5. The second kappa shape index (κ2) is 10.0. The Hall–Kier alpha value is -1.96. The van der Waals surface area contributed by atoms with Crippen LogP contribution in [0.5, 0.6) is 0 Å². The average molecular weight is 336 g/mol. The Morgan fingerprint density at radius 2 is 1.75 bits per heavy atom. The SMILES string of the molecule is CC(C)C[C@H](NC(=O)[C@@H](N)Cc1ccccc1)C(=O)NC(O)CN. The molecule has 3 atom stereocenters. The third-order valence-corrected chi connectivity index (χ3v) is 3.51. The quantitative estimate of drug-likeness (QED) is 0.387.